The molecule has 11 heteroatoms. The van der Waals surface area contributed by atoms with Gasteiger partial charge in [0, 0.05) is 46.3 Å². The van der Waals surface area contributed by atoms with Gasteiger partial charge >= 0.3 is 12.1 Å². The first kappa shape index (κ1) is 28.1. The molecule has 0 radical (unpaired) electrons. The highest BCUT2D eigenvalue weighted by molar-refractivity contribution is 6.31. The number of nitrogens with one attached hydrogen (secondary N) is 2. The maximum absolute atomic E-state index is 13.1. The normalized spacial score (nSPS) is 10.4. The van der Waals surface area contributed by atoms with Gasteiger partial charge in [0.1, 0.15) is 6.61 Å². The third-order valence-corrected chi connectivity index (χ3v) is 5.74. The fraction of sp³-hybridized carbons (Fsp3) is 0.103. The van der Waals surface area contributed by atoms with Crippen LogP contribution >= 0.6 is 11.6 Å². The molecule has 0 aliphatic heterocycles. The number of pyridine rings is 1. The zero-order valence-corrected chi connectivity index (χ0v) is 21.9. The molecule has 1 heterocycles. The Bertz CT molecular complexity index is 1510. The summed E-state index contributed by atoms with van der Waals surface area (Å²) >= 11 is 6.22. The second-order valence-corrected chi connectivity index (χ2v) is 9.00. The molecule has 0 saturated carbocycles. The zero-order valence-electron chi connectivity index (χ0n) is 21.1. The molecule has 0 spiro atoms. The van der Waals surface area contributed by atoms with E-state index in [0.717, 1.165) is 16.7 Å². The Morgan fingerprint density at radius 2 is 1.65 bits per heavy atom. The van der Waals surface area contributed by atoms with Gasteiger partial charge in [-0.1, -0.05) is 41.9 Å². The fourth-order valence-electron chi connectivity index (χ4n) is 3.69. The Morgan fingerprint density at radius 1 is 0.875 bits per heavy atom. The Labute approximate surface area is 234 Å². The molecule has 0 saturated heterocycles. The molecule has 4 aromatic rings. The number of amides is 2. The SMILES string of the molecule is NCc1cc(NC(=O)c2cc(Cl)cc(NC(=O)OCc3ccccc3)c2)cc(-c2ccc(OCC(=O)O)nc2)c1. The predicted molar refractivity (Wildman–Crippen MR) is 150 cm³/mol. The van der Waals surface area contributed by atoms with Gasteiger partial charge in [-0.3, -0.25) is 10.1 Å². The van der Waals surface area contributed by atoms with Crippen molar-refractivity contribution in [3.8, 4) is 17.0 Å². The number of carbonyl (C=O) groups is 3. The first-order valence-corrected chi connectivity index (χ1v) is 12.4. The molecule has 0 atom stereocenters. The van der Waals surface area contributed by atoms with Gasteiger partial charge in [0.2, 0.25) is 5.88 Å². The smallest absolute Gasteiger partial charge is 0.411 e. The number of aliphatic carboxylic acids is 1. The van der Waals surface area contributed by atoms with E-state index in [-0.39, 0.29) is 29.6 Å². The number of halogens is 1. The van der Waals surface area contributed by atoms with E-state index in [1.165, 1.54) is 24.4 Å². The molecule has 10 nitrogen and oxygen atoms in total. The molecule has 40 heavy (non-hydrogen) atoms. The summed E-state index contributed by atoms with van der Waals surface area (Å²) in [6.45, 7) is -0.185. The fourth-order valence-corrected chi connectivity index (χ4v) is 3.93. The molecule has 0 unspecified atom stereocenters. The molecule has 5 N–H and O–H groups in total. The molecule has 2 amide bonds. The summed E-state index contributed by atoms with van der Waals surface area (Å²) in [4.78, 5) is 40.2. The molecule has 0 aliphatic carbocycles. The van der Waals surface area contributed by atoms with Gasteiger partial charge in [0.05, 0.1) is 0 Å². The standard InChI is InChI=1S/C29H25ClN4O6/c30-23-10-22(12-25(13-23)34-29(38)40-16-18-4-2-1-3-5-18)28(37)33-24-9-19(14-31)8-21(11-24)20-6-7-26(32-15-20)39-17-27(35)36/h1-13,15H,14,16-17,31H2,(H,33,37)(H,34,38)(H,35,36). The Balaban J connectivity index is 1.46. The summed E-state index contributed by atoms with van der Waals surface area (Å²) in [6, 6.07) is 22.3. The van der Waals surface area contributed by atoms with Crippen LogP contribution < -0.4 is 21.1 Å². The van der Waals surface area contributed by atoms with Crippen molar-refractivity contribution in [3.63, 3.8) is 0 Å². The van der Waals surface area contributed by atoms with Gasteiger partial charge in [-0.2, -0.15) is 0 Å². The van der Waals surface area contributed by atoms with Crippen LogP contribution in [0.3, 0.4) is 0 Å². The van der Waals surface area contributed by atoms with Crippen LogP contribution in [0.5, 0.6) is 5.88 Å². The van der Waals surface area contributed by atoms with E-state index in [0.29, 0.717) is 16.9 Å². The third-order valence-electron chi connectivity index (χ3n) is 5.52. The van der Waals surface area contributed by atoms with Crippen LogP contribution in [0.15, 0.2) is 85.1 Å². The van der Waals surface area contributed by atoms with Crippen LogP contribution in [-0.4, -0.2) is 34.7 Å². The Hall–Kier alpha value is -4.93. The number of ether oxygens (including phenoxy) is 2. The van der Waals surface area contributed by atoms with Crippen molar-refractivity contribution in [2.75, 3.05) is 17.2 Å². The van der Waals surface area contributed by atoms with Crippen LogP contribution in [-0.2, 0) is 22.7 Å². The molecule has 4 rings (SSSR count). The van der Waals surface area contributed by atoms with Gasteiger partial charge in [-0.15, -0.1) is 0 Å². The number of carbonyl (C=O) groups excluding carboxylic acids is 2. The lowest BCUT2D eigenvalue weighted by atomic mass is 10.0. The average Bonchev–Trinajstić information content (AvgIpc) is 2.95. The maximum atomic E-state index is 13.1. The molecule has 1 aromatic heterocycles. The number of hydrogen-bond donors (Lipinski definition) is 4. The van der Waals surface area contributed by atoms with E-state index in [2.05, 4.69) is 15.6 Å². The van der Waals surface area contributed by atoms with E-state index in [1.807, 2.05) is 36.4 Å². The number of aromatic nitrogens is 1. The largest absolute Gasteiger partial charge is 0.479 e. The quantitative estimate of drug-likeness (QED) is 0.203. The molecule has 204 valence electrons. The minimum Gasteiger partial charge on any atom is -0.479 e. The number of carboxylic acid groups (broad SMARTS) is 1. The van der Waals surface area contributed by atoms with Crippen molar-refractivity contribution in [2.24, 2.45) is 5.73 Å². The summed E-state index contributed by atoms with van der Waals surface area (Å²) in [6.07, 6.45) is 0.843. The minimum absolute atomic E-state index is 0.0913. The Kier molecular flexibility index (Phi) is 9.29. The highest BCUT2D eigenvalue weighted by atomic mass is 35.5. The predicted octanol–water partition coefficient (Wildman–Crippen LogP) is 5.33. The summed E-state index contributed by atoms with van der Waals surface area (Å²) in [5, 5.41) is 14.4. The van der Waals surface area contributed by atoms with Crippen molar-refractivity contribution >= 4 is 40.9 Å². The monoisotopic (exact) mass is 560 g/mol. The lowest BCUT2D eigenvalue weighted by Crippen LogP contribution is -2.16. The van der Waals surface area contributed by atoms with Gasteiger partial charge < -0.3 is 25.6 Å². The second kappa shape index (κ2) is 13.2. The molecule has 0 fully saturated rings. The van der Waals surface area contributed by atoms with Crippen molar-refractivity contribution < 1.29 is 29.0 Å². The van der Waals surface area contributed by atoms with Crippen LogP contribution in [0, 0.1) is 0 Å². The number of rotatable bonds is 10. The first-order valence-electron chi connectivity index (χ1n) is 12.0. The number of benzene rings is 3. The average molecular weight is 561 g/mol. The molecule has 0 aliphatic rings. The van der Waals surface area contributed by atoms with Crippen LogP contribution in [0.1, 0.15) is 21.5 Å². The molecule has 3 aromatic carbocycles. The number of anilines is 2. The Morgan fingerprint density at radius 3 is 2.35 bits per heavy atom. The highest BCUT2D eigenvalue weighted by Gasteiger charge is 2.13. The van der Waals surface area contributed by atoms with E-state index in [1.54, 1.807) is 24.3 Å². The second-order valence-electron chi connectivity index (χ2n) is 8.56. The maximum Gasteiger partial charge on any atom is 0.411 e. The molecular weight excluding hydrogens is 536 g/mol. The van der Waals surface area contributed by atoms with E-state index in [9.17, 15) is 14.4 Å². The van der Waals surface area contributed by atoms with E-state index < -0.39 is 24.6 Å². The zero-order chi connectivity index (χ0) is 28.5. The third kappa shape index (κ3) is 8.03. The van der Waals surface area contributed by atoms with Crippen LogP contribution in [0.25, 0.3) is 11.1 Å². The van der Waals surface area contributed by atoms with Gasteiger partial charge in [0.25, 0.3) is 5.91 Å². The van der Waals surface area contributed by atoms with Gasteiger partial charge in [0.15, 0.2) is 6.61 Å². The summed E-state index contributed by atoms with van der Waals surface area (Å²) in [7, 11) is 0. The van der Waals surface area contributed by atoms with Gasteiger partial charge in [-0.05, 0) is 59.2 Å². The number of nitrogens with two attached hydrogens (primary N) is 1. The number of hydrogen-bond acceptors (Lipinski definition) is 7. The van der Waals surface area contributed by atoms with Crippen molar-refractivity contribution in [1.82, 2.24) is 4.98 Å². The number of carboxylic acids is 1. The summed E-state index contributed by atoms with van der Waals surface area (Å²) < 4.78 is 10.3. The van der Waals surface area contributed by atoms with Crippen molar-refractivity contribution in [3.05, 3.63) is 107 Å². The first-order chi connectivity index (χ1) is 19.3. The van der Waals surface area contributed by atoms with Crippen molar-refractivity contribution in [1.29, 1.82) is 0 Å². The highest BCUT2D eigenvalue weighted by Crippen LogP contribution is 2.27. The molecular formula is C29H25ClN4O6. The van der Waals surface area contributed by atoms with Crippen LogP contribution in [0.2, 0.25) is 5.02 Å². The van der Waals surface area contributed by atoms with Crippen molar-refractivity contribution in [2.45, 2.75) is 13.2 Å². The van der Waals surface area contributed by atoms with Gasteiger partial charge in [-0.25, -0.2) is 14.6 Å². The minimum atomic E-state index is -1.10. The molecule has 0 bridgehead atoms. The van der Waals surface area contributed by atoms with Crippen LogP contribution in [0.4, 0.5) is 16.2 Å². The lowest BCUT2D eigenvalue weighted by Gasteiger charge is -2.12. The van der Waals surface area contributed by atoms with E-state index in [4.69, 9.17) is 31.9 Å². The number of nitrogens with zero attached hydrogens (tertiary/aromatic N) is 1. The summed E-state index contributed by atoms with van der Waals surface area (Å²) in [5.74, 6) is -1.39. The topological polar surface area (TPSA) is 153 Å². The summed E-state index contributed by atoms with van der Waals surface area (Å²) in [5.41, 5.74) is 9.89. The lowest BCUT2D eigenvalue weighted by molar-refractivity contribution is -0.139. The van der Waals surface area contributed by atoms with E-state index >= 15 is 0 Å².